The fourth-order valence-electron chi connectivity index (χ4n) is 4.50. The van der Waals surface area contributed by atoms with Crippen LogP contribution in [0.5, 0.6) is 0 Å². The Morgan fingerprint density at radius 1 is 1.17 bits per heavy atom. The Morgan fingerprint density at radius 3 is 2.28 bits per heavy atom. The lowest BCUT2D eigenvalue weighted by Crippen LogP contribution is -2.42. The average Bonchev–Trinajstić information content (AvgIpc) is 2.94. The third kappa shape index (κ3) is 4.68. The fourth-order valence-corrected chi connectivity index (χ4v) is 6.23. The highest BCUT2D eigenvalue weighted by atomic mass is 32.2. The summed E-state index contributed by atoms with van der Waals surface area (Å²) in [4.78, 5) is 17.5. The summed E-state index contributed by atoms with van der Waals surface area (Å²) in [5.74, 6) is 0.483. The second-order valence-corrected chi connectivity index (χ2v) is 11.9. The van der Waals surface area contributed by atoms with Crippen molar-refractivity contribution in [1.29, 1.82) is 0 Å². The van der Waals surface area contributed by atoms with Crippen LogP contribution in [-0.2, 0) is 21.2 Å². The number of carbonyl (C=O) groups is 1. The molecule has 1 heterocycles. The number of hydrogen-bond acceptors (Lipinski definition) is 4. The van der Waals surface area contributed by atoms with Crippen LogP contribution >= 0.6 is 0 Å². The first-order valence-corrected chi connectivity index (χ1v) is 12.2. The van der Waals surface area contributed by atoms with Crippen molar-refractivity contribution in [2.45, 2.75) is 46.7 Å². The third-order valence-corrected chi connectivity index (χ3v) is 8.18. The minimum Gasteiger partial charge on any atom is -0.378 e. The second kappa shape index (κ2) is 7.78. The lowest BCUT2D eigenvalue weighted by Gasteiger charge is -2.29. The van der Waals surface area contributed by atoms with Gasteiger partial charge in [0.25, 0.3) is 0 Å². The molecule has 0 radical (unpaired) electrons. The van der Waals surface area contributed by atoms with Gasteiger partial charge in [-0.1, -0.05) is 37.6 Å². The van der Waals surface area contributed by atoms with Crippen LogP contribution in [0.3, 0.4) is 0 Å². The summed E-state index contributed by atoms with van der Waals surface area (Å²) in [6.45, 7) is 8.85. The largest absolute Gasteiger partial charge is 0.378 e. The molecule has 1 aliphatic heterocycles. The molecule has 0 unspecified atom stereocenters. The fraction of sp³-hybridized carbons (Fsp3) is 0.609. The maximum absolute atomic E-state index is 13.6. The van der Waals surface area contributed by atoms with Crippen LogP contribution < -0.4 is 4.90 Å². The molecule has 0 aromatic heterocycles. The average molecular weight is 419 g/mol. The zero-order valence-electron chi connectivity index (χ0n) is 18.5. The van der Waals surface area contributed by atoms with Crippen LogP contribution in [0, 0.1) is 17.3 Å². The Hall–Kier alpha value is -1.82. The SMILES string of the molecule is CC(C)=C[C@H]1[C@@H](C(=O)N(Cc2ccc(N(C)C)cc2)[C@@H]2CCS(=O)(=O)C2)C1(C)C. The molecule has 2 fully saturated rings. The molecule has 0 bridgehead atoms. The van der Waals surface area contributed by atoms with E-state index in [-0.39, 0.29) is 40.7 Å². The molecule has 1 amide bonds. The van der Waals surface area contributed by atoms with Crippen LogP contribution in [0.25, 0.3) is 0 Å². The van der Waals surface area contributed by atoms with Gasteiger partial charge in [0, 0.05) is 32.4 Å². The zero-order valence-corrected chi connectivity index (χ0v) is 19.3. The van der Waals surface area contributed by atoms with Gasteiger partial charge in [-0.2, -0.15) is 0 Å². The monoisotopic (exact) mass is 418 g/mol. The van der Waals surface area contributed by atoms with Crippen LogP contribution in [0.4, 0.5) is 5.69 Å². The van der Waals surface area contributed by atoms with E-state index in [0.717, 1.165) is 11.3 Å². The Morgan fingerprint density at radius 2 is 1.79 bits per heavy atom. The number of anilines is 1. The molecule has 1 aliphatic carbocycles. The normalized spacial score (nSPS) is 26.6. The van der Waals surface area contributed by atoms with Crippen LogP contribution in [-0.4, -0.2) is 50.9 Å². The molecular formula is C23H34N2O3S. The summed E-state index contributed by atoms with van der Waals surface area (Å²) in [6.07, 6.45) is 2.72. The highest BCUT2D eigenvalue weighted by Crippen LogP contribution is 2.60. The van der Waals surface area contributed by atoms with Gasteiger partial charge in [-0.05, 0) is 49.3 Å². The van der Waals surface area contributed by atoms with E-state index in [4.69, 9.17) is 0 Å². The van der Waals surface area contributed by atoms with Gasteiger partial charge in [0.05, 0.1) is 17.4 Å². The molecule has 160 valence electrons. The number of allylic oxidation sites excluding steroid dienone is 2. The molecule has 6 heteroatoms. The van der Waals surface area contributed by atoms with Crippen LogP contribution in [0.15, 0.2) is 35.9 Å². The van der Waals surface area contributed by atoms with Crippen molar-refractivity contribution in [3.63, 3.8) is 0 Å². The van der Waals surface area contributed by atoms with Crippen molar-refractivity contribution in [2.24, 2.45) is 17.3 Å². The summed E-state index contributed by atoms with van der Waals surface area (Å²) in [6, 6.07) is 7.91. The number of carbonyl (C=O) groups excluding carboxylic acids is 1. The van der Waals surface area contributed by atoms with Gasteiger partial charge in [0.2, 0.25) is 5.91 Å². The number of nitrogens with zero attached hydrogens (tertiary/aromatic N) is 2. The van der Waals surface area contributed by atoms with Crippen molar-refractivity contribution in [3.8, 4) is 0 Å². The van der Waals surface area contributed by atoms with E-state index in [1.54, 1.807) is 0 Å². The van der Waals surface area contributed by atoms with Crippen molar-refractivity contribution in [3.05, 3.63) is 41.5 Å². The third-order valence-electron chi connectivity index (χ3n) is 6.43. The molecular weight excluding hydrogens is 384 g/mol. The highest BCUT2D eigenvalue weighted by Gasteiger charge is 2.61. The first-order chi connectivity index (χ1) is 13.4. The minimum atomic E-state index is -3.06. The minimum absolute atomic E-state index is 0.0784. The molecule has 1 aromatic rings. The first-order valence-electron chi connectivity index (χ1n) is 10.3. The first kappa shape index (κ1) is 21.9. The molecule has 1 saturated heterocycles. The maximum atomic E-state index is 13.6. The predicted octanol–water partition coefficient (Wildman–Crippen LogP) is 3.51. The smallest absolute Gasteiger partial charge is 0.227 e. The quantitative estimate of drug-likeness (QED) is 0.664. The van der Waals surface area contributed by atoms with Gasteiger partial charge in [-0.3, -0.25) is 4.79 Å². The van der Waals surface area contributed by atoms with Gasteiger partial charge in [-0.15, -0.1) is 0 Å². The lowest BCUT2D eigenvalue weighted by atomic mass is 10.1. The molecule has 3 rings (SSSR count). The van der Waals surface area contributed by atoms with E-state index in [2.05, 4.69) is 33.8 Å². The van der Waals surface area contributed by atoms with Gasteiger partial charge >= 0.3 is 0 Å². The van der Waals surface area contributed by atoms with Gasteiger partial charge < -0.3 is 9.80 Å². The van der Waals surface area contributed by atoms with Gasteiger partial charge in [0.1, 0.15) is 0 Å². The van der Waals surface area contributed by atoms with E-state index in [1.165, 1.54) is 5.57 Å². The standard InChI is InChI=1S/C23H34N2O3S/c1-16(2)13-20-21(23(20,3)4)22(26)25(19-11-12-29(27,28)15-19)14-17-7-9-18(10-8-17)24(5)6/h7-10,13,19-21H,11-12,14-15H2,1-6H3/t19-,20+,21+/m1/s1. The number of hydrogen-bond donors (Lipinski definition) is 0. The molecule has 1 saturated carbocycles. The molecule has 29 heavy (non-hydrogen) atoms. The summed E-state index contributed by atoms with van der Waals surface area (Å²) in [5, 5.41) is 0. The van der Waals surface area contributed by atoms with Crippen LogP contribution in [0.1, 0.15) is 39.7 Å². The molecule has 0 N–H and O–H groups in total. The molecule has 1 aromatic carbocycles. The second-order valence-electron chi connectivity index (χ2n) is 9.65. The van der Waals surface area contributed by atoms with E-state index in [0.29, 0.717) is 13.0 Å². The van der Waals surface area contributed by atoms with Crippen LogP contribution in [0.2, 0.25) is 0 Å². The Labute approximate surface area is 175 Å². The molecule has 0 spiro atoms. The summed E-state index contributed by atoms with van der Waals surface area (Å²) in [7, 11) is 0.922. The van der Waals surface area contributed by atoms with Crippen molar-refractivity contribution in [1.82, 2.24) is 4.90 Å². The van der Waals surface area contributed by atoms with E-state index in [1.807, 2.05) is 48.2 Å². The summed E-state index contributed by atoms with van der Waals surface area (Å²) >= 11 is 0. The van der Waals surface area contributed by atoms with Crippen molar-refractivity contribution >= 4 is 21.4 Å². The predicted molar refractivity (Wildman–Crippen MR) is 119 cm³/mol. The number of rotatable bonds is 6. The zero-order chi connectivity index (χ0) is 21.6. The summed E-state index contributed by atoms with van der Waals surface area (Å²) in [5.41, 5.74) is 3.26. The van der Waals surface area contributed by atoms with E-state index >= 15 is 0 Å². The van der Waals surface area contributed by atoms with Gasteiger partial charge in [-0.25, -0.2) is 8.42 Å². The summed E-state index contributed by atoms with van der Waals surface area (Å²) < 4.78 is 24.2. The molecule has 5 nitrogen and oxygen atoms in total. The van der Waals surface area contributed by atoms with Crippen molar-refractivity contribution < 1.29 is 13.2 Å². The topological polar surface area (TPSA) is 57.7 Å². The Kier molecular flexibility index (Phi) is 5.87. The Bertz CT molecular complexity index is 897. The molecule has 2 aliphatic rings. The van der Waals surface area contributed by atoms with E-state index < -0.39 is 9.84 Å². The number of benzene rings is 1. The van der Waals surface area contributed by atoms with E-state index in [9.17, 15) is 13.2 Å². The number of sulfone groups is 1. The van der Waals surface area contributed by atoms with Gasteiger partial charge in [0.15, 0.2) is 9.84 Å². The molecule has 3 atom stereocenters. The lowest BCUT2D eigenvalue weighted by molar-refractivity contribution is -0.136. The van der Waals surface area contributed by atoms with Crippen molar-refractivity contribution in [2.75, 3.05) is 30.5 Å². The maximum Gasteiger partial charge on any atom is 0.227 e. The Balaban J connectivity index is 1.86. The number of amides is 1. The highest BCUT2D eigenvalue weighted by molar-refractivity contribution is 7.91.